The predicted molar refractivity (Wildman–Crippen MR) is 70.1 cm³/mol. The van der Waals surface area contributed by atoms with Crippen molar-refractivity contribution in [1.82, 2.24) is 4.90 Å². The highest BCUT2D eigenvalue weighted by Gasteiger charge is 2.29. The molecule has 1 saturated heterocycles. The Balaban J connectivity index is 2.13. The highest BCUT2D eigenvalue weighted by atomic mass is 16.5. The summed E-state index contributed by atoms with van der Waals surface area (Å²) < 4.78 is 5.55. The highest BCUT2D eigenvalue weighted by Crippen LogP contribution is 2.34. The Morgan fingerprint density at radius 1 is 1.47 bits per heavy atom. The molecule has 0 bridgehead atoms. The topological polar surface area (TPSA) is 38.5 Å². The first-order valence-electron chi connectivity index (χ1n) is 6.37. The molecule has 0 aliphatic carbocycles. The van der Waals surface area contributed by atoms with Crippen molar-refractivity contribution >= 4 is 0 Å². The molecule has 1 aliphatic rings. The number of likely N-dealkylation sites (tertiary alicyclic amines) is 1. The lowest BCUT2D eigenvalue weighted by atomic mass is 10.00. The molecule has 1 aliphatic heterocycles. The minimum Gasteiger partial charge on any atom is -0.494 e. The van der Waals surface area contributed by atoms with Gasteiger partial charge in [0.05, 0.1) is 6.61 Å². The molecule has 3 nitrogen and oxygen atoms in total. The van der Waals surface area contributed by atoms with Gasteiger partial charge in [-0.15, -0.1) is 0 Å². The summed E-state index contributed by atoms with van der Waals surface area (Å²) in [5, 5.41) is 0. The molecule has 94 valence electrons. The Labute approximate surface area is 104 Å². The molecule has 0 aromatic heterocycles. The van der Waals surface area contributed by atoms with Crippen LogP contribution in [0.25, 0.3) is 0 Å². The lowest BCUT2D eigenvalue weighted by Crippen LogP contribution is -2.20. The van der Waals surface area contributed by atoms with E-state index in [1.807, 2.05) is 13.0 Å². The zero-order chi connectivity index (χ0) is 12.3. The van der Waals surface area contributed by atoms with Crippen molar-refractivity contribution in [3.05, 3.63) is 29.8 Å². The molecule has 1 aromatic carbocycles. The molecule has 2 N–H and O–H groups in total. The second-order valence-corrected chi connectivity index (χ2v) is 4.80. The largest absolute Gasteiger partial charge is 0.494 e. The number of hydrogen-bond donors (Lipinski definition) is 1. The number of benzene rings is 1. The summed E-state index contributed by atoms with van der Waals surface area (Å²) in [6.07, 6.45) is 1.16. The average molecular weight is 234 g/mol. The summed E-state index contributed by atoms with van der Waals surface area (Å²) in [5.41, 5.74) is 7.10. The third-order valence-corrected chi connectivity index (χ3v) is 3.52. The van der Waals surface area contributed by atoms with Gasteiger partial charge in [-0.3, -0.25) is 4.90 Å². The summed E-state index contributed by atoms with van der Waals surface area (Å²) in [4.78, 5) is 2.39. The van der Waals surface area contributed by atoms with Crippen molar-refractivity contribution in [1.29, 1.82) is 0 Å². The van der Waals surface area contributed by atoms with Crippen LogP contribution < -0.4 is 10.5 Å². The van der Waals surface area contributed by atoms with Crippen LogP contribution >= 0.6 is 0 Å². The van der Waals surface area contributed by atoms with Gasteiger partial charge >= 0.3 is 0 Å². The normalized spacial score (nSPS) is 25.1. The molecule has 2 atom stereocenters. The van der Waals surface area contributed by atoms with E-state index in [9.17, 15) is 0 Å². The zero-order valence-corrected chi connectivity index (χ0v) is 10.7. The molecule has 0 amide bonds. The third kappa shape index (κ3) is 2.79. The van der Waals surface area contributed by atoms with Crippen LogP contribution in [0.1, 0.15) is 24.9 Å². The second kappa shape index (κ2) is 5.52. The van der Waals surface area contributed by atoms with Gasteiger partial charge in [-0.05, 0) is 50.6 Å². The number of ether oxygens (including phenoxy) is 1. The van der Waals surface area contributed by atoms with Gasteiger partial charge in [-0.25, -0.2) is 0 Å². The molecule has 1 heterocycles. The van der Waals surface area contributed by atoms with E-state index >= 15 is 0 Å². The standard InChI is InChI=1S/C14H22N2O/c1-3-17-13-6-4-5-12(8-13)14-7-11(9-15)10-16(14)2/h4-6,8,11,14H,3,7,9-10,15H2,1-2H3. The summed E-state index contributed by atoms with van der Waals surface area (Å²) in [6, 6.07) is 8.92. The Kier molecular flexibility index (Phi) is 4.02. The fourth-order valence-corrected chi connectivity index (χ4v) is 2.64. The van der Waals surface area contributed by atoms with Crippen LogP contribution in [-0.4, -0.2) is 31.6 Å². The summed E-state index contributed by atoms with van der Waals surface area (Å²) in [5.74, 6) is 1.59. The van der Waals surface area contributed by atoms with E-state index in [4.69, 9.17) is 10.5 Å². The van der Waals surface area contributed by atoms with E-state index < -0.39 is 0 Å². The molecule has 1 aromatic rings. The van der Waals surface area contributed by atoms with Crippen molar-refractivity contribution in [2.24, 2.45) is 11.7 Å². The molecule has 2 rings (SSSR count). The number of hydrogen-bond acceptors (Lipinski definition) is 3. The summed E-state index contributed by atoms with van der Waals surface area (Å²) >= 11 is 0. The SMILES string of the molecule is CCOc1cccc(C2CC(CN)CN2C)c1. The van der Waals surface area contributed by atoms with Crippen molar-refractivity contribution in [2.75, 3.05) is 26.7 Å². The maximum Gasteiger partial charge on any atom is 0.119 e. The predicted octanol–water partition coefficient (Wildman–Crippen LogP) is 2.04. The quantitative estimate of drug-likeness (QED) is 0.866. The van der Waals surface area contributed by atoms with Gasteiger partial charge in [-0.2, -0.15) is 0 Å². The van der Waals surface area contributed by atoms with E-state index in [1.165, 1.54) is 5.56 Å². The first kappa shape index (κ1) is 12.4. The fourth-order valence-electron chi connectivity index (χ4n) is 2.64. The minimum atomic E-state index is 0.490. The van der Waals surface area contributed by atoms with Gasteiger partial charge in [0.25, 0.3) is 0 Å². The van der Waals surface area contributed by atoms with Gasteiger partial charge in [0, 0.05) is 12.6 Å². The molecular weight excluding hydrogens is 212 g/mol. The lowest BCUT2D eigenvalue weighted by molar-refractivity contribution is 0.310. The third-order valence-electron chi connectivity index (χ3n) is 3.52. The highest BCUT2D eigenvalue weighted by molar-refractivity contribution is 5.31. The number of nitrogens with zero attached hydrogens (tertiary/aromatic N) is 1. The van der Waals surface area contributed by atoms with E-state index in [1.54, 1.807) is 0 Å². The first-order valence-corrected chi connectivity index (χ1v) is 6.37. The Morgan fingerprint density at radius 3 is 2.94 bits per heavy atom. The zero-order valence-electron chi connectivity index (χ0n) is 10.7. The molecule has 1 fully saturated rings. The van der Waals surface area contributed by atoms with E-state index in [2.05, 4.69) is 30.1 Å². The molecule has 0 radical (unpaired) electrons. The number of rotatable bonds is 4. The summed E-state index contributed by atoms with van der Waals surface area (Å²) in [7, 11) is 2.17. The van der Waals surface area contributed by atoms with Crippen LogP contribution in [0.15, 0.2) is 24.3 Å². The average Bonchev–Trinajstić information content (AvgIpc) is 2.71. The minimum absolute atomic E-state index is 0.490. The van der Waals surface area contributed by atoms with Crippen LogP contribution in [0.3, 0.4) is 0 Å². The van der Waals surface area contributed by atoms with E-state index in [0.29, 0.717) is 12.0 Å². The van der Waals surface area contributed by atoms with E-state index in [0.717, 1.165) is 31.9 Å². The van der Waals surface area contributed by atoms with Crippen molar-refractivity contribution in [2.45, 2.75) is 19.4 Å². The first-order chi connectivity index (χ1) is 8.24. The van der Waals surface area contributed by atoms with Crippen LogP contribution in [0, 0.1) is 5.92 Å². The molecular formula is C14H22N2O. The fraction of sp³-hybridized carbons (Fsp3) is 0.571. The van der Waals surface area contributed by atoms with Gasteiger partial charge in [0.15, 0.2) is 0 Å². The molecule has 0 saturated carbocycles. The molecule has 0 spiro atoms. The monoisotopic (exact) mass is 234 g/mol. The van der Waals surface area contributed by atoms with Crippen molar-refractivity contribution in [3.8, 4) is 5.75 Å². The Bertz CT molecular complexity index is 367. The van der Waals surface area contributed by atoms with Gasteiger partial charge in [-0.1, -0.05) is 12.1 Å². The smallest absolute Gasteiger partial charge is 0.119 e. The van der Waals surface area contributed by atoms with Gasteiger partial charge < -0.3 is 10.5 Å². The van der Waals surface area contributed by atoms with Crippen molar-refractivity contribution in [3.63, 3.8) is 0 Å². The Morgan fingerprint density at radius 2 is 2.29 bits per heavy atom. The van der Waals surface area contributed by atoms with Crippen molar-refractivity contribution < 1.29 is 4.74 Å². The van der Waals surface area contributed by atoms with Crippen LogP contribution in [0.5, 0.6) is 5.75 Å². The summed E-state index contributed by atoms with van der Waals surface area (Å²) in [6.45, 7) is 4.61. The van der Waals surface area contributed by atoms with Crippen LogP contribution in [0.2, 0.25) is 0 Å². The second-order valence-electron chi connectivity index (χ2n) is 4.80. The van der Waals surface area contributed by atoms with Crippen LogP contribution in [0.4, 0.5) is 0 Å². The maximum absolute atomic E-state index is 5.76. The van der Waals surface area contributed by atoms with Gasteiger partial charge in [0.2, 0.25) is 0 Å². The number of nitrogens with two attached hydrogens (primary N) is 1. The molecule has 3 heteroatoms. The molecule has 17 heavy (non-hydrogen) atoms. The maximum atomic E-state index is 5.76. The van der Waals surface area contributed by atoms with Crippen LogP contribution in [-0.2, 0) is 0 Å². The lowest BCUT2D eigenvalue weighted by Gasteiger charge is -2.20. The van der Waals surface area contributed by atoms with E-state index in [-0.39, 0.29) is 0 Å². The molecule has 2 unspecified atom stereocenters. The Hall–Kier alpha value is -1.06. The van der Waals surface area contributed by atoms with Gasteiger partial charge in [0.1, 0.15) is 5.75 Å².